The molecule has 0 rings (SSSR count). The molecule has 0 spiro atoms. The van der Waals surface area contributed by atoms with Crippen LogP contribution in [0.3, 0.4) is 0 Å². The topological polar surface area (TPSA) is 116 Å². The zero-order chi connectivity index (χ0) is 18.4. The minimum atomic E-state index is -0.823. The molecule has 0 heterocycles. The number of aliphatic hydroxyl groups excluding tert-OH is 4. The van der Waals surface area contributed by atoms with E-state index in [-0.39, 0.29) is 13.2 Å². The summed E-state index contributed by atoms with van der Waals surface area (Å²) in [7, 11) is 0. The van der Waals surface area contributed by atoms with Gasteiger partial charge in [-0.25, -0.2) is 4.79 Å². The highest BCUT2D eigenvalue weighted by Crippen LogP contribution is 2.09. The molecule has 0 fully saturated rings. The zero-order valence-electron chi connectivity index (χ0n) is 14.9. The number of carbonyl (C=O) groups excluding carboxylic acids is 1. The fraction of sp³-hybridized carbons (Fsp3) is 0.941. The Morgan fingerprint density at radius 3 is 1.33 bits per heavy atom. The molecule has 144 valence electrons. The van der Waals surface area contributed by atoms with E-state index in [0.29, 0.717) is 51.4 Å². The lowest BCUT2D eigenvalue weighted by Gasteiger charge is -2.14. The first-order valence-electron chi connectivity index (χ1n) is 8.90. The molecule has 0 aromatic heterocycles. The summed E-state index contributed by atoms with van der Waals surface area (Å²) in [6.07, 6.45) is 0.981. The van der Waals surface area contributed by atoms with Gasteiger partial charge in [0.25, 0.3) is 0 Å². The lowest BCUT2D eigenvalue weighted by molar-refractivity contribution is 0.0281. The number of ether oxygens (including phenoxy) is 2. The lowest BCUT2D eigenvalue weighted by Crippen LogP contribution is -2.18. The first-order valence-corrected chi connectivity index (χ1v) is 8.90. The highest BCUT2D eigenvalue weighted by molar-refractivity contribution is 5.59. The van der Waals surface area contributed by atoms with Gasteiger partial charge in [-0.3, -0.25) is 0 Å². The Kier molecular flexibility index (Phi) is 13.9. The predicted molar refractivity (Wildman–Crippen MR) is 89.6 cm³/mol. The van der Waals surface area contributed by atoms with Crippen LogP contribution >= 0.6 is 0 Å². The molecule has 0 saturated heterocycles. The Morgan fingerprint density at radius 1 is 0.667 bits per heavy atom. The van der Waals surface area contributed by atoms with Gasteiger partial charge in [-0.2, -0.15) is 0 Å². The fourth-order valence-corrected chi connectivity index (χ4v) is 2.06. The summed E-state index contributed by atoms with van der Waals surface area (Å²) in [5.74, 6) is 0. The third-order valence-electron chi connectivity index (χ3n) is 3.95. The second-order valence-electron chi connectivity index (χ2n) is 6.11. The van der Waals surface area contributed by atoms with Crippen molar-refractivity contribution in [1.29, 1.82) is 0 Å². The first kappa shape index (κ1) is 23.1. The fourth-order valence-electron chi connectivity index (χ4n) is 2.06. The number of hydrogen-bond donors (Lipinski definition) is 4. The van der Waals surface area contributed by atoms with Crippen LogP contribution in [0.2, 0.25) is 0 Å². The highest BCUT2D eigenvalue weighted by Gasteiger charge is 2.12. The summed E-state index contributed by atoms with van der Waals surface area (Å²) >= 11 is 0. The van der Waals surface area contributed by atoms with E-state index in [1.165, 1.54) is 0 Å². The van der Waals surface area contributed by atoms with E-state index in [4.69, 9.17) is 9.47 Å². The average Bonchev–Trinajstić information content (AvgIpc) is 2.57. The molecule has 0 aromatic carbocycles. The second kappa shape index (κ2) is 14.5. The molecule has 0 aliphatic carbocycles. The van der Waals surface area contributed by atoms with Crippen LogP contribution in [0.1, 0.15) is 65.2 Å². The van der Waals surface area contributed by atoms with Crippen LogP contribution in [0.15, 0.2) is 0 Å². The van der Waals surface area contributed by atoms with E-state index >= 15 is 0 Å². The van der Waals surface area contributed by atoms with Crippen molar-refractivity contribution in [1.82, 2.24) is 0 Å². The molecule has 0 aromatic rings. The smallest absolute Gasteiger partial charge is 0.434 e. The number of carbonyl (C=O) groups is 1. The van der Waals surface area contributed by atoms with Crippen molar-refractivity contribution < 1.29 is 34.7 Å². The molecule has 4 atom stereocenters. The van der Waals surface area contributed by atoms with Crippen molar-refractivity contribution in [2.24, 2.45) is 0 Å². The van der Waals surface area contributed by atoms with Gasteiger partial charge in [-0.05, 0) is 38.5 Å². The minimum Gasteiger partial charge on any atom is -0.434 e. The summed E-state index contributed by atoms with van der Waals surface area (Å²) in [6, 6.07) is 0. The maximum Gasteiger partial charge on any atom is 0.508 e. The monoisotopic (exact) mass is 350 g/mol. The Bertz CT molecular complexity index is 283. The maximum atomic E-state index is 11.3. The van der Waals surface area contributed by atoms with Crippen molar-refractivity contribution in [2.45, 2.75) is 89.6 Å². The molecule has 7 nitrogen and oxygen atoms in total. The highest BCUT2D eigenvalue weighted by atomic mass is 16.7. The van der Waals surface area contributed by atoms with Gasteiger partial charge in [0, 0.05) is 12.8 Å². The maximum absolute atomic E-state index is 11.3. The Balaban J connectivity index is 3.59. The minimum absolute atomic E-state index is 0.0491. The van der Waals surface area contributed by atoms with Gasteiger partial charge < -0.3 is 29.9 Å². The summed E-state index contributed by atoms with van der Waals surface area (Å²) in [5, 5.41) is 38.2. The van der Waals surface area contributed by atoms with Crippen molar-refractivity contribution in [3.63, 3.8) is 0 Å². The molecule has 0 aliphatic heterocycles. The Morgan fingerprint density at radius 2 is 1.00 bits per heavy atom. The van der Waals surface area contributed by atoms with Crippen LogP contribution in [0, 0.1) is 0 Å². The van der Waals surface area contributed by atoms with Crippen molar-refractivity contribution in [2.75, 3.05) is 13.2 Å². The standard InChI is InChI=1S/C17H34O7/c1-3-13(18)5-7-15(20)9-11-23-17(22)24-12-10-16(21)8-6-14(19)4-2/h13-16,18-21H,3-12H2,1-2H3. The zero-order valence-corrected chi connectivity index (χ0v) is 14.9. The molecule has 0 saturated carbocycles. The summed E-state index contributed by atoms with van der Waals surface area (Å²) in [5.41, 5.74) is 0. The van der Waals surface area contributed by atoms with Gasteiger partial charge >= 0.3 is 6.16 Å². The molecular weight excluding hydrogens is 316 g/mol. The molecule has 7 heteroatoms. The SMILES string of the molecule is CCC(O)CCC(O)CCOC(=O)OCCC(O)CCC(O)CC. The molecule has 0 amide bonds. The van der Waals surface area contributed by atoms with E-state index in [9.17, 15) is 25.2 Å². The summed E-state index contributed by atoms with van der Waals surface area (Å²) in [4.78, 5) is 11.3. The van der Waals surface area contributed by atoms with Crippen LogP contribution in [-0.2, 0) is 9.47 Å². The van der Waals surface area contributed by atoms with Crippen LogP contribution in [-0.4, -0.2) is 64.2 Å². The van der Waals surface area contributed by atoms with Crippen molar-refractivity contribution >= 4 is 6.16 Å². The van der Waals surface area contributed by atoms with Gasteiger partial charge in [-0.1, -0.05) is 13.8 Å². The van der Waals surface area contributed by atoms with Crippen LogP contribution in [0.25, 0.3) is 0 Å². The Hall–Kier alpha value is -0.890. The molecule has 4 N–H and O–H groups in total. The second-order valence-corrected chi connectivity index (χ2v) is 6.11. The third-order valence-corrected chi connectivity index (χ3v) is 3.95. The number of rotatable bonds is 14. The molecule has 24 heavy (non-hydrogen) atoms. The van der Waals surface area contributed by atoms with E-state index < -0.39 is 30.6 Å². The number of hydrogen-bond acceptors (Lipinski definition) is 7. The summed E-state index contributed by atoms with van der Waals surface area (Å²) < 4.78 is 9.68. The molecule has 0 radical (unpaired) electrons. The van der Waals surface area contributed by atoms with E-state index in [1.807, 2.05) is 13.8 Å². The van der Waals surface area contributed by atoms with Gasteiger partial charge in [0.05, 0.1) is 37.6 Å². The molecule has 0 bridgehead atoms. The van der Waals surface area contributed by atoms with E-state index in [1.54, 1.807) is 0 Å². The normalized spacial score (nSPS) is 16.2. The van der Waals surface area contributed by atoms with Crippen LogP contribution in [0.5, 0.6) is 0 Å². The van der Waals surface area contributed by atoms with Crippen molar-refractivity contribution in [3.8, 4) is 0 Å². The van der Waals surface area contributed by atoms with Crippen LogP contribution < -0.4 is 0 Å². The quantitative estimate of drug-likeness (QED) is 0.353. The largest absolute Gasteiger partial charge is 0.508 e. The third kappa shape index (κ3) is 13.5. The van der Waals surface area contributed by atoms with Crippen molar-refractivity contribution in [3.05, 3.63) is 0 Å². The van der Waals surface area contributed by atoms with Gasteiger partial charge in [0.2, 0.25) is 0 Å². The van der Waals surface area contributed by atoms with E-state index in [2.05, 4.69) is 0 Å². The number of aliphatic hydroxyl groups is 4. The first-order chi connectivity index (χ1) is 11.4. The van der Waals surface area contributed by atoms with Gasteiger partial charge in [0.15, 0.2) is 0 Å². The molecular formula is C17H34O7. The predicted octanol–water partition coefficient (Wildman–Crippen LogP) is 1.74. The molecule has 4 unspecified atom stereocenters. The van der Waals surface area contributed by atoms with Crippen LogP contribution in [0.4, 0.5) is 4.79 Å². The average molecular weight is 350 g/mol. The van der Waals surface area contributed by atoms with Gasteiger partial charge in [-0.15, -0.1) is 0 Å². The lowest BCUT2D eigenvalue weighted by atomic mass is 10.1. The Labute approximate surface area is 144 Å². The summed E-state index contributed by atoms with van der Waals surface area (Å²) in [6.45, 7) is 3.85. The van der Waals surface area contributed by atoms with Gasteiger partial charge in [0.1, 0.15) is 0 Å². The van der Waals surface area contributed by atoms with E-state index in [0.717, 1.165) is 0 Å². The molecule has 0 aliphatic rings.